The van der Waals surface area contributed by atoms with Crippen LogP contribution in [0.4, 0.5) is 5.95 Å². The first-order valence-corrected chi connectivity index (χ1v) is 4.78. The molecule has 0 spiro atoms. The molecule has 0 aromatic carbocycles. The van der Waals surface area contributed by atoms with Crippen LogP contribution in [0, 0.1) is 5.92 Å². The second-order valence-electron chi connectivity index (χ2n) is 3.61. The number of anilines is 1. The average Bonchev–Trinajstić information content (AvgIpc) is 2.57. The van der Waals surface area contributed by atoms with Crippen LogP contribution in [0.25, 0.3) is 0 Å². The number of hydrogen-bond donors (Lipinski definition) is 2. The Hall–Kier alpha value is -1.59. The van der Waals surface area contributed by atoms with Gasteiger partial charge in [0.25, 0.3) is 0 Å². The number of carbonyl (C=O) groups is 1. The van der Waals surface area contributed by atoms with Crippen LogP contribution in [-0.2, 0) is 11.8 Å². The lowest BCUT2D eigenvalue weighted by molar-refractivity contribution is -0.141. The Morgan fingerprint density at radius 2 is 2.07 bits per heavy atom. The molecule has 0 aliphatic rings. The van der Waals surface area contributed by atoms with Crippen molar-refractivity contribution in [3.05, 3.63) is 5.82 Å². The molecule has 0 amide bonds. The molecular formula is C9H16N4O2. The summed E-state index contributed by atoms with van der Waals surface area (Å²) in [5.41, 5.74) is 0. The molecule has 6 heteroatoms. The molecule has 2 unspecified atom stereocenters. The largest absolute Gasteiger partial charge is 0.481 e. The lowest BCUT2D eigenvalue weighted by Crippen LogP contribution is -2.19. The van der Waals surface area contributed by atoms with Crippen molar-refractivity contribution in [3.8, 4) is 0 Å². The standard InChI is InChI=1S/C9H16N4O2/c1-5(6(2)8(14)15)7-11-12-9(10-3)13(7)4/h5-6H,1-4H3,(H,10,12)(H,14,15). The summed E-state index contributed by atoms with van der Waals surface area (Å²) in [7, 11) is 3.56. The van der Waals surface area contributed by atoms with Gasteiger partial charge in [-0.3, -0.25) is 4.79 Å². The zero-order chi connectivity index (χ0) is 11.6. The van der Waals surface area contributed by atoms with Gasteiger partial charge in [0.2, 0.25) is 5.95 Å². The van der Waals surface area contributed by atoms with E-state index in [0.717, 1.165) is 0 Å². The van der Waals surface area contributed by atoms with E-state index in [0.29, 0.717) is 11.8 Å². The molecule has 0 saturated heterocycles. The van der Waals surface area contributed by atoms with Gasteiger partial charge in [-0.1, -0.05) is 13.8 Å². The highest BCUT2D eigenvalue weighted by Crippen LogP contribution is 2.23. The summed E-state index contributed by atoms with van der Waals surface area (Å²) in [6.07, 6.45) is 0. The van der Waals surface area contributed by atoms with Gasteiger partial charge >= 0.3 is 5.97 Å². The van der Waals surface area contributed by atoms with Crippen LogP contribution in [0.15, 0.2) is 0 Å². The van der Waals surface area contributed by atoms with Gasteiger partial charge in [-0.25, -0.2) is 0 Å². The molecule has 0 aliphatic carbocycles. The number of aromatic nitrogens is 3. The van der Waals surface area contributed by atoms with Gasteiger partial charge in [0.05, 0.1) is 5.92 Å². The summed E-state index contributed by atoms with van der Waals surface area (Å²) in [6, 6.07) is 0. The van der Waals surface area contributed by atoms with Crippen LogP contribution < -0.4 is 5.32 Å². The van der Waals surface area contributed by atoms with Crippen molar-refractivity contribution < 1.29 is 9.90 Å². The van der Waals surface area contributed by atoms with Crippen molar-refractivity contribution in [2.75, 3.05) is 12.4 Å². The van der Waals surface area contributed by atoms with E-state index in [9.17, 15) is 4.79 Å². The molecular weight excluding hydrogens is 196 g/mol. The first-order valence-electron chi connectivity index (χ1n) is 4.78. The Labute approximate surface area is 88.3 Å². The maximum absolute atomic E-state index is 10.8. The van der Waals surface area contributed by atoms with E-state index in [-0.39, 0.29) is 5.92 Å². The molecule has 0 radical (unpaired) electrons. The van der Waals surface area contributed by atoms with Gasteiger partial charge in [0.15, 0.2) is 0 Å². The van der Waals surface area contributed by atoms with Crippen molar-refractivity contribution in [2.45, 2.75) is 19.8 Å². The van der Waals surface area contributed by atoms with Crippen LogP contribution in [0.1, 0.15) is 25.6 Å². The number of rotatable bonds is 4. The van der Waals surface area contributed by atoms with E-state index in [1.807, 2.05) is 14.0 Å². The van der Waals surface area contributed by atoms with Crippen LogP contribution in [0.2, 0.25) is 0 Å². The third kappa shape index (κ3) is 2.08. The van der Waals surface area contributed by atoms with Crippen molar-refractivity contribution in [1.82, 2.24) is 14.8 Å². The first kappa shape index (κ1) is 11.5. The molecule has 0 aliphatic heterocycles. The van der Waals surface area contributed by atoms with Crippen LogP contribution >= 0.6 is 0 Å². The number of carboxylic acids is 1. The average molecular weight is 212 g/mol. The zero-order valence-corrected chi connectivity index (χ0v) is 9.35. The fraction of sp³-hybridized carbons (Fsp3) is 0.667. The molecule has 15 heavy (non-hydrogen) atoms. The highest BCUT2D eigenvalue weighted by molar-refractivity contribution is 5.70. The van der Waals surface area contributed by atoms with E-state index < -0.39 is 11.9 Å². The quantitative estimate of drug-likeness (QED) is 0.767. The highest BCUT2D eigenvalue weighted by Gasteiger charge is 2.25. The monoisotopic (exact) mass is 212 g/mol. The minimum atomic E-state index is -0.823. The molecule has 1 rings (SSSR count). The van der Waals surface area contributed by atoms with Crippen LogP contribution in [-0.4, -0.2) is 32.9 Å². The smallest absolute Gasteiger partial charge is 0.306 e. The summed E-state index contributed by atoms with van der Waals surface area (Å²) in [4.78, 5) is 10.8. The van der Waals surface area contributed by atoms with E-state index in [2.05, 4.69) is 15.5 Å². The predicted molar refractivity (Wildman–Crippen MR) is 55.8 cm³/mol. The third-order valence-corrected chi connectivity index (χ3v) is 2.68. The molecule has 1 heterocycles. The fourth-order valence-corrected chi connectivity index (χ4v) is 1.39. The lowest BCUT2D eigenvalue weighted by atomic mass is 9.95. The number of aliphatic carboxylic acids is 1. The maximum atomic E-state index is 10.8. The van der Waals surface area contributed by atoms with Gasteiger partial charge < -0.3 is 15.0 Å². The van der Waals surface area contributed by atoms with Gasteiger partial charge in [0, 0.05) is 20.0 Å². The minimum absolute atomic E-state index is 0.165. The van der Waals surface area contributed by atoms with Gasteiger partial charge in [-0.05, 0) is 0 Å². The Balaban J connectivity index is 2.96. The Bertz CT molecular complexity index is 361. The van der Waals surface area contributed by atoms with E-state index in [4.69, 9.17) is 5.11 Å². The first-order chi connectivity index (χ1) is 6.99. The number of hydrogen-bond acceptors (Lipinski definition) is 4. The van der Waals surface area contributed by atoms with E-state index in [1.165, 1.54) is 0 Å². The van der Waals surface area contributed by atoms with E-state index in [1.54, 1.807) is 18.5 Å². The normalized spacial score (nSPS) is 14.7. The Kier molecular flexibility index (Phi) is 3.28. The Morgan fingerprint density at radius 1 is 1.47 bits per heavy atom. The highest BCUT2D eigenvalue weighted by atomic mass is 16.4. The van der Waals surface area contributed by atoms with Crippen molar-refractivity contribution in [3.63, 3.8) is 0 Å². The topological polar surface area (TPSA) is 80.0 Å². The predicted octanol–water partition coefficient (Wildman–Crippen LogP) is 0.681. The van der Waals surface area contributed by atoms with Crippen LogP contribution in [0.5, 0.6) is 0 Å². The number of nitrogens with one attached hydrogen (secondary N) is 1. The Morgan fingerprint density at radius 3 is 2.47 bits per heavy atom. The molecule has 84 valence electrons. The summed E-state index contributed by atoms with van der Waals surface area (Å²) < 4.78 is 1.77. The fourth-order valence-electron chi connectivity index (χ4n) is 1.39. The molecule has 2 atom stereocenters. The molecule has 0 saturated carbocycles. The summed E-state index contributed by atoms with van der Waals surface area (Å²) >= 11 is 0. The molecule has 0 fully saturated rings. The number of carboxylic acid groups (broad SMARTS) is 1. The SMILES string of the molecule is CNc1nnc(C(C)C(C)C(=O)O)n1C. The number of nitrogens with zero attached hydrogens (tertiary/aromatic N) is 3. The maximum Gasteiger partial charge on any atom is 0.306 e. The molecule has 0 bridgehead atoms. The van der Waals surface area contributed by atoms with Crippen LogP contribution in [0.3, 0.4) is 0 Å². The zero-order valence-electron chi connectivity index (χ0n) is 9.35. The van der Waals surface area contributed by atoms with Crippen molar-refractivity contribution >= 4 is 11.9 Å². The third-order valence-electron chi connectivity index (χ3n) is 2.68. The second-order valence-corrected chi connectivity index (χ2v) is 3.61. The summed E-state index contributed by atoms with van der Waals surface area (Å²) in [5.74, 6) is -0.153. The summed E-state index contributed by atoms with van der Waals surface area (Å²) in [6.45, 7) is 3.50. The molecule has 1 aromatic heterocycles. The summed E-state index contributed by atoms with van der Waals surface area (Å²) in [5, 5.41) is 19.7. The van der Waals surface area contributed by atoms with Gasteiger partial charge in [-0.15, -0.1) is 10.2 Å². The minimum Gasteiger partial charge on any atom is -0.481 e. The van der Waals surface area contributed by atoms with E-state index >= 15 is 0 Å². The van der Waals surface area contributed by atoms with Gasteiger partial charge in [-0.2, -0.15) is 0 Å². The molecule has 2 N–H and O–H groups in total. The lowest BCUT2D eigenvalue weighted by Gasteiger charge is -2.14. The molecule has 1 aromatic rings. The molecule has 6 nitrogen and oxygen atoms in total. The van der Waals surface area contributed by atoms with Crippen molar-refractivity contribution in [1.29, 1.82) is 0 Å². The van der Waals surface area contributed by atoms with Crippen molar-refractivity contribution in [2.24, 2.45) is 13.0 Å². The van der Waals surface area contributed by atoms with Gasteiger partial charge in [0.1, 0.15) is 5.82 Å². The second kappa shape index (κ2) is 4.29.